The van der Waals surface area contributed by atoms with Gasteiger partial charge >= 0.3 is 18.5 Å². The fourth-order valence-electron chi connectivity index (χ4n) is 0. The summed E-state index contributed by atoms with van der Waals surface area (Å²) < 4.78 is 0. The molecule has 15 heteroatoms. The van der Waals surface area contributed by atoms with Crippen LogP contribution in [0.4, 0.5) is 14.4 Å². The van der Waals surface area contributed by atoms with Crippen molar-refractivity contribution in [2.75, 3.05) is 0 Å². The van der Waals surface area contributed by atoms with Crippen LogP contribution in [0.3, 0.4) is 0 Å². The van der Waals surface area contributed by atoms with Crippen molar-refractivity contribution in [3.8, 4) is 0 Å². The third-order valence-corrected chi connectivity index (χ3v) is 0. The molecule has 18 heavy (non-hydrogen) atoms. The quantitative estimate of drug-likeness (QED) is 0.238. The third kappa shape index (κ3) is 1400. The van der Waals surface area contributed by atoms with Crippen LogP contribution in [0, 0.1) is 0 Å². The first-order valence-electron chi connectivity index (χ1n) is 1.95. The molecule has 0 saturated carbocycles. The maximum atomic E-state index is 8.56. The summed E-state index contributed by atoms with van der Waals surface area (Å²) in [5.74, 6) is 0. The van der Waals surface area contributed by atoms with E-state index in [4.69, 9.17) is 45.0 Å². The number of hydrogen-bond acceptors (Lipinski definition) is 3. The summed E-state index contributed by atoms with van der Waals surface area (Å²) in [6.45, 7) is 0. The summed E-state index contributed by atoms with van der Waals surface area (Å²) in [6.07, 6.45) is -5.50. The third-order valence-electron chi connectivity index (χ3n) is 0. The normalized spacial score (nSPS) is 4.00. The first-order chi connectivity index (χ1) is 5.20. The van der Waals surface area contributed by atoms with E-state index in [1.54, 1.807) is 0 Å². The Morgan fingerprint density at radius 1 is 0.444 bits per heavy atom. The molecule has 0 spiro atoms. The predicted octanol–water partition coefficient (Wildman–Crippen LogP) is -3.84. The van der Waals surface area contributed by atoms with Gasteiger partial charge in [0.1, 0.15) is 0 Å². The number of carbonyl (C=O) groups is 3. The minimum Gasteiger partial charge on any atom is -0.450 e. The maximum absolute atomic E-state index is 8.56. The Morgan fingerprint density at radius 3 is 0.444 bits per heavy atom. The molecule has 113 valence electrons. The van der Waals surface area contributed by atoms with Crippen LogP contribution in [0.2, 0.25) is 0 Å². The summed E-state index contributed by atoms with van der Waals surface area (Å²) in [7, 11) is 0. The molecular weight excluding hydrogens is 283 g/mol. The van der Waals surface area contributed by atoms with Crippen LogP contribution in [0.1, 0.15) is 0 Å². The van der Waals surface area contributed by atoms with Gasteiger partial charge in [-0.15, -0.1) is 0 Å². The van der Waals surface area contributed by atoms with E-state index >= 15 is 0 Å². The van der Waals surface area contributed by atoms with E-state index in [-0.39, 0.29) is 56.9 Å². The molecule has 0 aliphatic heterocycles. The Morgan fingerprint density at radius 2 is 0.444 bits per heavy atom. The molecule has 0 aliphatic carbocycles. The molecule has 0 heterocycles. The largest absolute Gasteiger partial charge is 0.503 e. The maximum Gasteiger partial charge on any atom is 0.503 e. The van der Waals surface area contributed by atoms with Gasteiger partial charge in [-0.2, -0.15) is 0 Å². The van der Waals surface area contributed by atoms with Crippen molar-refractivity contribution in [2.45, 2.75) is 0 Å². The Bertz CT molecular complexity index is 115. The molecule has 0 aromatic carbocycles. The molecule has 16 N–H and O–H groups in total. The molecule has 0 unspecified atom stereocenters. The first kappa shape index (κ1) is 69.9. The molecule has 0 aromatic rings. The van der Waals surface area contributed by atoms with Crippen LogP contribution >= 0.6 is 0 Å². The Labute approximate surface area is 121 Å². The zero-order chi connectivity index (χ0) is 10.7. The van der Waals surface area contributed by atoms with Crippen LogP contribution in [-0.2, 0) is 0 Å². The van der Waals surface area contributed by atoms with Gasteiger partial charge in [0.25, 0.3) is 0 Å². The zero-order valence-corrected chi connectivity index (χ0v) is 10.9. The molecule has 14 nitrogen and oxygen atoms in total. The van der Waals surface area contributed by atoms with E-state index in [2.05, 4.69) is 0 Å². The van der Waals surface area contributed by atoms with Crippen LogP contribution < -0.4 is 0 Å². The second kappa shape index (κ2) is 57.5. The fraction of sp³-hybridized carbons (Fsp3) is 0. The molecule has 0 bridgehead atoms. The monoisotopic (exact) mass is 299 g/mol. The minimum absolute atomic E-state index is 0. The van der Waals surface area contributed by atoms with Crippen LogP contribution in [0.5, 0.6) is 0 Å². The van der Waals surface area contributed by atoms with Gasteiger partial charge in [0.2, 0.25) is 0 Å². The van der Waals surface area contributed by atoms with E-state index in [0.29, 0.717) is 0 Å². The van der Waals surface area contributed by atoms with Crippen molar-refractivity contribution in [3.05, 3.63) is 0 Å². The van der Waals surface area contributed by atoms with Crippen molar-refractivity contribution in [1.29, 1.82) is 0 Å². The van der Waals surface area contributed by atoms with E-state index < -0.39 is 18.5 Å². The van der Waals surface area contributed by atoms with Gasteiger partial charge in [-0.25, -0.2) is 14.4 Å². The van der Waals surface area contributed by atoms with Crippen LogP contribution in [0.25, 0.3) is 0 Å². The van der Waals surface area contributed by atoms with E-state index in [0.717, 1.165) is 0 Å². The van der Waals surface area contributed by atoms with Gasteiger partial charge in [0.05, 0.1) is 0 Å². The number of hydrogen-bond donors (Lipinski definition) is 6. The standard InChI is InChI=1S/3CH2O3.Na.5H2O/c3*2-1(3)4;;;;;;/h3*(H2,2,3,4);;5*1H2. The molecule has 0 atom stereocenters. The topological polar surface area (TPSA) is 330 Å². The second-order valence-corrected chi connectivity index (χ2v) is 0.848. The average Bonchev–Trinajstić information content (AvgIpc) is 1.54. The van der Waals surface area contributed by atoms with E-state index in [9.17, 15) is 0 Å². The van der Waals surface area contributed by atoms with Gasteiger partial charge in [0.15, 0.2) is 0 Å². The molecule has 0 aliphatic rings. The fourth-order valence-corrected chi connectivity index (χ4v) is 0. The van der Waals surface area contributed by atoms with E-state index in [1.165, 1.54) is 0 Å². The molecule has 1 radical (unpaired) electrons. The Balaban J connectivity index is -0.00000000827. The summed E-state index contributed by atoms with van der Waals surface area (Å²) in [5, 5.41) is 41.8. The molecule has 0 fully saturated rings. The van der Waals surface area contributed by atoms with Gasteiger partial charge < -0.3 is 58.0 Å². The molecular formula is C3H16NaO14. The van der Waals surface area contributed by atoms with E-state index in [1.807, 2.05) is 0 Å². The predicted molar refractivity (Wildman–Crippen MR) is 55.8 cm³/mol. The Hall–Kier alpha value is -1.39. The summed E-state index contributed by atoms with van der Waals surface area (Å²) in [4.78, 5) is 25.7. The van der Waals surface area contributed by atoms with Crippen molar-refractivity contribution < 1.29 is 72.4 Å². The van der Waals surface area contributed by atoms with Crippen molar-refractivity contribution in [2.24, 2.45) is 0 Å². The average molecular weight is 299 g/mol. The molecule has 0 saturated heterocycles. The summed E-state index contributed by atoms with van der Waals surface area (Å²) in [6, 6.07) is 0. The van der Waals surface area contributed by atoms with Crippen molar-refractivity contribution in [1.82, 2.24) is 0 Å². The zero-order valence-electron chi connectivity index (χ0n) is 8.91. The van der Waals surface area contributed by atoms with Gasteiger partial charge in [0, 0.05) is 29.6 Å². The molecule has 0 rings (SSSR count). The molecule has 0 amide bonds. The van der Waals surface area contributed by atoms with Gasteiger partial charge in [-0.3, -0.25) is 0 Å². The van der Waals surface area contributed by atoms with Crippen LogP contribution in [0.15, 0.2) is 0 Å². The summed E-state index contributed by atoms with van der Waals surface area (Å²) >= 11 is 0. The second-order valence-electron chi connectivity index (χ2n) is 0.848. The first-order valence-corrected chi connectivity index (χ1v) is 1.95. The Kier molecular flexibility index (Phi) is 223. The number of carboxylic acid groups (broad SMARTS) is 6. The smallest absolute Gasteiger partial charge is 0.450 e. The summed E-state index contributed by atoms with van der Waals surface area (Å²) in [5.41, 5.74) is 0. The SMILES string of the molecule is O.O.O.O.O.O=C(O)O.O=C(O)O.O=C(O)O.[Na]. The molecule has 0 aromatic heterocycles. The van der Waals surface area contributed by atoms with Gasteiger partial charge in [-0.05, 0) is 0 Å². The minimum atomic E-state index is -1.83. The van der Waals surface area contributed by atoms with Crippen LogP contribution in [-0.4, -0.2) is 106 Å². The van der Waals surface area contributed by atoms with Gasteiger partial charge in [-0.1, -0.05) is 0 Å². The van der Waals surface area contributed by atoms with Crippen molar-refractivity contribution in [3.63, 3.8) is 0 Å². The number of rotatable bonds is 0. The van der Waals surface area contributed by atoms with Crippen molar-refractivity contribution >= 4 is 48.0 Å².